The van der Waals surface area contributed by atoms with Crippen LogP contribution >= 0.6 is 0 Å². The Balaban J connectivity index is 1.34. The molecule has 4 nitrogen and oxygen atoms in total. The van der Waals surface area contributed by atoms with Gasteiger partial charge in [0.25, 0.3) is 0 Å². The summed E-state index contributed by atoms with van der Waals surface area (Å²) in [7, 11) is 0. The maximum absolute atomic E-state index is 6.40. The largest absolute Gasteiger partial charge is 0.456 e. The summed E-state index contributed by atoms with van der Waals surface area (Å²) in [5.41, 5.74) is 7.01. The van der Waals surface area contributed by atoms with E-state index in [0.717, 1.165) is 61.4 Å². The van der Waals surface area contributed by atoms with Crippen molar-refractivity contribution in [3.8, 4) is 11.1 Å². The monoisotopic (exact) mass is 527 g/mol. The molecule has 1 unspecified atom stereocenters. The third-order valence-corrected chi connectivity index (χ3v) is 7.72. The molecule has 1 aromatic heterocycles. The van der Waals surface area contributed by atoms with Crippen molar-refractivity contribution in [2.45, 2.75) is 6.17 Å². The van der Waals surface area contributed by atoms with Gasteiger partial charge >= 0.3 is 0 Å². The molecule has 0 bridgehead atoms. The number of fused-ring (bicyclic) bond motifs is 4. The number of furan rings is 1. The van der Waals surface area contributed by atoms with Crippen LogP contribution in [0.1, 0.15) is 22.9 Å². The van der Waals surface area contributed by atoms with E-state index in [1.54, 1.807) is 0 Å². The number of benzene rings is 6. The summed E-state index contributed by atoms with van der Waals surface area (Å²) in [6.45, 7) is 0. The van der Waals surface area contributed by atoms with Gasteiger partial charge in [0.05, 0.1) is 0 Å². The molecule has 0 radical (unpaired) electrons. The van der Waals surface area contributed by atoms with E-state index >= 15 is 0 Å². The standard InChI is InChI=1S/C37H25N3O/c1-3-12-25(13-4-1)29-17-9-19-31-33(29)34-30(18-10-20-32(34)41-31)37-39-35(26-14-5-2-6-15-26)38-36(40-37)28-22-21-24-11-7-8-16-27(24)23-28/h1-23,35H,(H,38,39,40). The number of nitrogens with one attached hydrogen (secondary N) is 1. The normalized spacial score (nSPS) is 15.1. The first kappa shape index (κ1) is 23.4. The quantitative estimate of drug-likeness (QED) is 0.248. The predicted molar refractivity (Wildman–Crippen MR) is 168 cm³/mol. The number of hydrogen-bond acceptors (Lipinski definition) is 4. The maximum atomic E-state index is 6.40. The lowest BCUT2D eigenvalue weighted by Crippen LogP contribution is -2.36. The molecule has 194 valence electrons. The van der Waals surface area contributed by atoms with Gasteiger partial charge in [-0.2, -0.15) is 0 Å². The molecule has 0 saturated carbocycles. The van der Waals surface area contributed by atoms with Gasteiger partial charge in [-0.3, -0.25) is 0 Å². The van der Waals surface area contributed by atoms with E-state index in [0.29, 0.717) is 0 Å². The summed E-state index contributed by atoms with van der Waals surface area (Å²) in [5, 5.41) is 8.11. The molecule has 0 fully saturated rings. The van der Waals surface area contributed by atoms with Gasteiger partial charge in [-0.25, -0.2) is 9.98 Å². The summed E-state index contributed by atoms with van der Waals surface area (Å²) in [5.74, 6) is 1.57. The van der Waals surface area contributed by atoms with Crippen LogP contribution in [0.4, 0.5) is 0 Å². The Morgan fingerprint density at radius 3 is 1.90 bits per heavy atom. The third-order valence-electron chi connectivity index (χ3n) is 7.72. The van der Waals surface area contributed by atoms with Crippen LogP contribution in [-0.2, 0) is 0 Å². The van der Waals surface area contributed by atoms with E-state index in [2.05, 4.69) is 102 Å². The first-order chi connectivity index (χ1) is 20.3. The fourth-order valence-electron chi connectivity index (χ4n) is 5.77. The zero-order valence-corrected chi connectivity index (χ0v) is 22.2. The van der Waals surface area contributed by atoms with Crippen LogP contribution in [-0.4, -0.2) is 11.7 Å². The van der Waals surface area contributed by atoms with Crippen molar-refractivity contribution in [2.24, 2.45) is 9.98 Å². The van der Waals surface area contributed by atoms with Crippen molar-refractivity contribution in [1.29, 1.82) is 0 Å². The third kappa shape index (κ3) is 4.09. The average molecular weight is 528 g/mol. The van der Waals surface area contributed by atoms with E-state index in [4.69, 9.17) is 14.4 Å². The second-order valence-electron chi connectivity index (χ2n) is 10.3. The number of aliphatic imine (C=N–C) groups is 2. The van der Waals surface area contributed by atoms with Gasteiger partial charge in [-0.05, 0) is 45.7 Å². The van der Waals surface area contributed by atoms with Crippen molar-refractivity contribution in [3.05, 3.63) is 156 Å². The van der Waals surface area contributed by atoms with Gasteiger partial charge in [0.1, 0.15) is 22.8 Å². The summed E-state index contributed by atoms with van der Waals surface area (Å²) >= 11 is 0. The number of hydrogen-bond donors (Lipinski definition) is 1. The summed E-state index contributed by atoms with van der Waals surface area (Å²) < 4.78 is 6.40. The van der Waals surface area contributed by atoms with Crippen LogP contribution in [0.15, 0.2) is 154 Å². The maximum Gasteiger partial charge on any atom is 0.169 e. The van der Waals surface area contributed by atoms with Gasteiger partial charge in [0, 0.05) is 21.9 Å². The molecule has 1 atom stereocenters. The molecule has 0 aliphatic carbocycles. The lowest BCUT2D eigenvalue weighted by atomic mass is 9.96. The molecule has 7 aromatic rings. The minimum absolute atomic E-state index is 0.379. The van der Waals surface area contributed by atoms with Gasteiger partial charge < -0.3 is 9.73 Å². The number of nitrogens with zero attached hydrogens (tertiary/aromatic N) is 2. The zero-order chi connectivity index (χ0) is 27.2. The van der Waals surface area contributed by atoms with Gasteiger partial charge in [-0.15, -0.1) is 0 Å². The average Bonchev–Trinajstić information content (AvgIpc) is 3.44. The van der Waals surface area contributed by atoms with Crippen LogP contribution in [0.5, 0.6) is 0 Å². The van der Waals surface area contributed by atoms with Crippen molar-refractivity contribution in [3.63, 3.8) is 0 Å². The summed E-state index contributed by atoms with van der Waals surface area (Å²) in [6, 6.07) is 48.0. The van der Waals surface area contributed by atoms with E-state index in [-0.39, 0.29) is 6.17 Å². The van der Waals surface area contributed by atoms with Crippen molar-refractivity contribution < 1.29 is 4.42 Å². The van der Waals surface area contributed by atoms with Gasteiger partial charge in [0.2, 0.25) is 0 Å². The van der Waals surface area contributed by atoms with E-state index in [9.17, 15) is 0 Å². The summed E-state index contributed by atoms with van der Waals surface area (Å²) in [6.07, 6.45) is -0.379. The van der Waals surface area contributed by atoms with Crippen LogP contribution in [0, 0.1) is 0 Å². The van der Waals surface area contributed by atoms with Gasteiger partial charge in [-0.1, -0.05) is 121 Å². The van der Waals surface area contributed by atoms with E-state index < -0.39 is 0 Å². The SMILES string of the molecule is c1ccc(-c2cccc3oc4cccc(C5=NC(c6ccccc6)N=C(c6ccc7ccccc7c6)N5)c4c23)cc1. The van der Waals surface area contributed by atoms with Crippen LogP contribution in [0.3, 0.4) is 0 Å². The van der Waals surface area contributed by atoms with Crippen LogP contribution < -0.4 is 5.32 Å². The number of rotatable bonds is 4. The lowest BCUT2D eigenvalue weighted by Gasteiger charge is -2.23. The van der Waals surface area contributed by atoms with Crippen LogP contribution in [0.25, 0.3) is 43.8 Å². The van der Waals surface area contributed by atoms with Crippen LogP contribution in [0.2, 0.25) is 0 Å². The summed E-state index contributed by atoms with van der Waals surface area (Å²) in [4.78, 5) is 10.3. The second kappa shape index (κ2) is 9.61. The second-order valence-corrected chi connectivity index (χ2v) is 10.3. The van der Waals surface area contributed by atoms with Gasteiger partial charge in [0.15, 0.2) is 6.17 Å². The highest BCUT2D eigenvalue weighted by molar-refractivity contribution is 6.25. The minimum atomic E-state index is -0.379. The Bertz CT molecular complexity index is 2120. The first-order valence-corrected chi connectivity index (χ1v) is 13.8. The molecule has 0 spiro atoms. The lowest BCUT2D eigenvalue weighted by molar-refractivity contribution is 0.669. The topological polar surface area (TPSA) is 49.9 Å². The predicted octanol–water partition coefficient (Wildman–Crippen LogP) is 8.90. The molecular weight excluding hydrogens is 502 g/mol. The highest BCUT2D eigenvalue weighted by Gasteiger charge is 2.24. The highest BCUT2D eigenvalue weighted by Crippen LogP contribution is 2.39. The molecule has 1 aliphatic rings. The Morgan fingerprint density at radius 2 is 1.12 bits per heavy atom. The van der Waals surface area contributed by atoms with E-state index in [1.165, 1.54) is 10.8 Å². The highest BCUT2D eigenvalue weighted by atomic mass is 16.3. The van der Waals surface area contributed by atoms with Crippen molar-refractivity contribution in [1.82, 2.24) is 5.32 Å². The Labute approximate surface area is 237 Å². The minimum Gasteiger partial charge on any atom is -0.456 e. The molecule has 1 N–H and O–H groups in total. The smallest absolute Gasteiger partial charge is 0.169 e. The molecule has 1 aliphatic heterocycles. The van der Waals surface area contributed by atoms with E-state index in [1.807, 2.05) is 42.5 Å². The Hall–Kier alpha value is -5.48. The molecule has 2 heterocycles. The molecule has 0 saturated heterocycles. The Morgan fingerprint density at radius 1 is 0.488 bits per heavy atom. The first-order valence-electron chi connectivity index (χ1n) is 13.8. The molecule has 0 amide bonds. The molecule has 41 heavy (non-hydrogen) atoms. The molecule has 4 heteroatoms. The van der Waals surface area contributed by atoms with Crippen molar-refractivity contribution >= 4 is 44.4 Å². The van der Waals surface area contributed by atoms with Crippen molar-refractivity contribution in [2.75, 3.05) is 0 Å². The molecule has 6 aromatic carbocycles. The molecular formula is C37H25N3O. The fourth-order valence-corrected chi connectivity index (χ4v) is 5.77. The number of amidine groups is 2. The zero-order valence-electron chi connectivity index (χ0n) is 22.2. The molecule has 8 rings (SSSR count). The fraction of sp³-hybridized carbons (Fsp3) is 0.0270. The Kier molecular flexibility index (Phi) is 5.49.